The summed E-state index contributed by atoms with van der Waals surface area (Å²) in [6.45, 7) is 6.81. The van der Waals surface area contributed by atoms with E-state index in [1.807, 2.05) is 18.2 Å². The van der Waals surface area contributed by atoms with Gasteiger partial charge >= 0.3 is 0 Å². The van der Waals surface area contributed by atoms with Crippen LogP contribution in [-0.2, 0) is 22.6 Å². The minimum atomic E-state index is -0.347. The SMILES string of the molecule is CC1C=C(CCC(=O)NO)C=CC1CNCCc1c[nH]c2c1=CC(C)(OCc1ccccc1)CC=2. The second-order valence-corrected chi connectivity index (χ2v) is 9.89. The molecule has 3 unspecified atom stereocenters. The van der Waals surface area contributed by atoms with Crippen molar-refractivity contribution in [3.8, 4) is 0 Å². The molecule has 1 aromatic carbocycles. The van der Waals surface area contributed by atoms with Gasteiger partial charge in [-0.15, -0.1) is 0 Å². The van der Waals surface area contributed by atoms with Crippen LogP contribution < -0.4 is 21.4 Å². The van der Waals surface area contributed by atoms with E-state index in [0.29, 0.717) is 31.3 Å². The molecule has 6 heteroatoms. The van der Waals surface area contributed by atoms with Crippen molar-refractivity contribution in [1.82, 2.24) is 15.8 Å². The molecule has 1 heterocycles. The zero-order chi connectivity index (χ0) is 24.7. The van der Waals surface area contributed by atoms with Crippen molar-refractivity contribution < 1.29 is 14.7 Å². The van der Waals surface area contributed by atoms with Gasteiger partial charge in [0.15, 0.2) is 0 Å². The zero-order valence-electron chi connectivity index (χ0n) is 20.7. The molecule has 0 radical (unpaired) electrons. The molecule has 6 nitrogen and oxygen atoms in total. The molecule has 1 aromatic heterocycles. The number of fused-ring (bicyclic) bond motifs is 1. The van der Waals surface area contributed by atoms with Gasteiger partial charge < -0.3 is 15.0 Å². The van der Waals surface area contributed by atoms with E-state index in [1.165, 1.54) is 21.7 Å². The summed E-state index contributed by atoms with van der Waals surface area (Å²) in [5, 5.41) is 14.7. The first-order valence-electron chi connectivity index (χ1n) is 12.6. The molecule has 0 saturated heterocycles. The molecule has 4 rings (SSSR count). The van der Waals surface area contributed by atoms with E-state index >= 15 is 0 Å². The maximum absolute atomic E-state index is 11.3. The molecule has 0 fully saturated rings. The fourth-order valence-electron chi connectivity index (χ4n) is 4.80. The molecule has 2 aromatic rings. The van der Waals surface area contributed by atoms with Crippen molar-refractivity contribution in [2.75, 3.05) is 13.1 Å². The monoisotopic (exact) mass is 475 g/mol. The highest BCUT2D eigenvalue weighted by Crippen LogP contribution is 2.25. The summed E-state index contributed by atoms with van der Waals surface area (Å²) in [6.07, 6.45) is 16.0. The van der Waals surface area contributed by atoms with Crippen LogP contribution in [0.15, 0.2) is 60.3 Å². The minimum absolute atomic E-state index is 0.300. The highest BCUT2D eigenvalue weighted by molar-refractivity contribution is 5.74. The molecule has 1 amide bonds. The first-order chi connectivity index (χ1) is 17.0. The van der Waals surface area contributed by atoms with E-state index in [-0.39, 0.29) is 11.5 Å². The van der Waals surface area contributed by atoms with Gasteiger partial charge in [0, 0.05) is 36.2 Å². The molecule has 0 saturated carbocycles. The summed E-state index contributed by atoms with van der Waals surface area (Å²) in [5.41, 5.74) is 5.04. The number of aromatic amines is 1. The number of ether oxygens (including phenoxy) is 1. The lowest BCUT2D eigenvalue weighted by molar-refractivity contribution is -0.129. The summed E-state index contributed by atoms with van der Waals surface area (Å²) in [7, 11) is 0. The van der Waals surface area contributed by atoms with E-state index in [4.69, 9.17) is 9.94 Å². The van der Waals surface area contributed by atoms with E-state index < -0.39 is 0 Å². The van der Waals surface area contributed by atoms with Crippen LogP contribution in [0.5, 0.6) is 0 Å². The Labute approximate surface area is 207 Å². The first-order valence-corrected chi connectivity index (χ1v) is 12.6. The Morgan fingerprint density at radius 2 is 2.09 bits per heavy atom. The number of carbonyl (C=O) groups is 1. The number of hydrogen-bond donors (Lipinski definition) is 4. The fourth-order valence-corrected chi connectivity index (χ4v) is 4.80. The van der Waals surface area contributed by atoms with E-state index in [2.05, 4.69) is 72.9 Å². The summed E-state index contributed by atoms with van der Waals surface area (Å²) in [6, 6.07) is 10.3. The van der Waals surface area contributed by atoms with Crippen LogP contribution >= 0.6 is 0 Å². The van der Waals surface area contributed by atoms with Crippen molar-refractivity contribution in [3.05, 3.63) is 82.0 Å². The topological polar surface area (TPSA) is 86.4 Å². The van der Waals surface area contributed by atoms with E-state index in [9.17, 15) is 4.79 Å². The average Bonchev–Trinajstić information content (AvgIpc) is 3.27. The van der Waals surface area contributed by atoms with Crippen LogP contribution in [0, 0.1) is 11.8 Å². The van der Waals surface area contributed by atoms with Crippen LogP contribution in [0.1, 0.15) is 44.2 Å². The summed E-state index contributed by atoms with van der Waals surface area (Å²) in [5.74, 6) is 0.492. The minimum Gasteiger partial charge on any atom is -0.366 e. The van der Waals surface area contributed by atoms with Gasteiger partial charge in [-0.25, -0.2) is 5.48 Å². The van der Waals surface area contributed by atoms with Gasteiger partial charge in [-0.05, 0) is 55.3 Å². The number of rotatable bonds is 11. The van der Waals surface area contributed by atoms with Gasteiger partial charge in [0.05, 0.1) is 12.2 Å². The number of benzene rings is 1. The predicted octanol–water partition coefficient (Wildman–Crippen LogP) is 3.12. The van der Waals surface area contributed by atoms with Crippen molar-refractivity contribution in [2.24, 2.45) is 11.8 Å². The Bertz CT molecular complexity index is 1180. The summed E-state index contributed by atoms with van der Waals surface area (Å²) >= 11 is 0. The molecule has 186 valence electrons. The lowest BCUT2D eigenvalue weighted by atomic mass is 9.86. The standard InChI is InChI=1S/C29H37N3O3/c1-21-16-22(9-11-28(33)32-34)8-10-24(21)18-30-15-13-25-19-31-27-12-14-29(2,17-26(25)27)35-20-23-6-4-3-5-7-23/h3-8,10,12,16-17,19,21,24,30-31,34H,9,11,13-15,18,20H2,1-2H3,(H,32,33). The molecular formula is C29H37N3O3. The van der Waals surface area contributed by atoms with E-state index in [0.717, 1.165) is 31.5 Å². The number of hydrogen-bond acceptors (Lipinski definition) is 4. The normalized spacial score (nSPS) is 23.1. The van der Waals surface area contributed by atoms with Gasteiger partial charge in [0.25, 0.3) is 0 Å². The lowest BCUT2D eigenvalue weighted by Crippen LogP contribution is -2.39. The van der Waals surface area contributed by atoms with Crippen molar-refractivity contribution in [2.45, 2.75) is 51.7 Å². The second kappa shape index (κ2) is 11.7. The Balaban J connectivity index is 1.27. The fraction of sp³-hybridized carbons (Fsp3) is 0.414. The molecule has 35 heavy (non-hydrogen) atoms. The van der Waals surface area contributed by atoms with Crippen molar-refractivity contribution in [1.29, 1.82) is 0 Å². The highest BCUT2D eigenvalue weighted by Gasteiger charge is 2.24. The molecule has 2 aliphatic rings. The Morgan fingerprint density at radius 1 is 1.26 bits per heavy atom. The Morgan fingerprint density at radius 3 is 2.86 bits per heavy atom. The number of amides is 1. The third-order valence-electron chi connectivity index (χ3n) is 7.04. The number of allylic oxidation sites excluding steroid dienone is 3. The van der Waals surface area contributed by atoms with Gasteiger partial charge in [-0.1, -0.05) is 67.1 Å². The van der Waals surface area contributed by atoms with Crippen molar-refractivity contribution >= 4 is 18.1 Å². The quantitative estimate of drug-likeness (QED) is 0.229. The first kappa shape index (κ1) is 25.2. The number of hydroxylamine groups is 1. The molecule has 0 bridgehead atoms. The largest absolute Gasteiger partial charge is 0.366 e. The van der Waals surface area contributed by atoms with Crippen LogP contribution in [0.2, 0.25) is 0 Å². The molecule has 4 N–H and O–H groups in total. The maximum atomic E-state index is 11.3. The highest BCUT2D eigenvalue weighted by atomic mass is 16.5. The van der Waals surface area contributed by atoms with Gasteiger partial charge in [-0.3, -0.25) is 10.0 Å². The second-order valence-electron chi connectivity index (χ2n) is 9.89. The number of aromatic nitrogens is 1. The van der Waals surface area contributed by atoms with Crippen LogP contribution in [0.3, 0.4) is 0 Å². The third-order valence-corrected chi connectivity index (χ3v) is 7.04. The Hall–Kier alpha value is -2.93. The molecule has 2 aliphatic carbocycles. The predicted molar refractivity (Wildman–Crippen MR) is 139 cm³/mol. The van der Waals surface area contributed by atoms with Gasteiger partial charge in [0.2, 0.25) is 5.91 Å². The number of nitrogens with one attached hydrogen (secondary N) is 3. The average molecular weight is 476 g/mol. The van der Waals surface area contributed by atoms with Crippen molar-refractivity contribution in [3.63, 3.8) is 0 Å². The van der Waals surface area contributed by atoms with Crippen LogP contribution in [0.4, 0.5) is 0 Å². The third kappa shape index (κ3) is 6.82. The number of carbonyl (C=O) groups excluding carboxylic acids is 1. The molecule has 0 aliphatic heterocycles. The molecular weight excluding hydrogens is 438 g/mol. The van der Waals surface area contributed by atoms with Gasteiger partial charge in [-0.2, -0.15) is 0 Å². The van der Waals surface area contributed by atoms with Crippen LogP contribution in [0.25, 0.3) is 12.2 Å². The lowest BCUT2D eigenvalue weighted by Gasteiger charge is -2.27. The Kier molecular flexibility index (Phi) is 8.39. The summed E-state index contributed by atoms with van der Waals surface area (Å²) < 4.78 is 6.34. The maximum Gasteiger partial charge on any atom is 0.243 e. The molecule has 0 spiro atoms. The number of H-pyrrole nitrogens is 1. The van der Waals surface area contributed by atoms with Crippen LogP contribution in [-0.4, -0.2) is 34.8 Å². The van der Waals surface area contributed by atoms with Gasteiger partial charge in [0.1, 0.15) is 0 Å². The van der Waals surface area contributed by atoms with E-state index in [1.54, 1.807) is 5.48 Å². The zero-order valence-corrected chi connectivity index (χ0v) is 20.7. The molecule has 3 atom stereocenters. The smallest absolute Gasteiger partial charge is 0.243 e. The summed E-state index contributed by atoms with van der Waals surface area (Å²) in [4.78, 5) is 14.7.